The Morgan fingerprint density at radius 3 is 2.42 bits per heavy atom. The number of benzene rings is 2. The average Bonchev–Trinajstić information content (AvgIpc) is 2.62. The fraction of sp³-hybridized carbons (Fsp3) is 0.263. The third-order valence-corrected chi connectivity index (χ3v) is 4.52. The third kappa shape index (κ3) is 2.96. The van der Waals surface area contributed by atoms with Crippen molar-refractivity contribution in [3.05, 3.63) is 48.3 Å². The Kier molecular flexibility index (Phi) is 4.54. The molecule has 7 heteroatoms. The first-order valence-corrected chi connectivity index (χ1v) is 8.30. The summed E-state index contributed by atoms with van der Waals surface area (Å²) in [5.74, 6) is -0.0237. The summed E-state index contributed by atoms with van der Waals surface area (Å²) in [4.78, 5) is 25.7. The first-order chi connectivity index (χ1) is 12.4. The van der Waals surface area contributed by atoms with Gasteiger partial charge >= 0.3 is 6.09 Å². The highest BCUT2D eigenvalue weighted by atomic mass is 19.1. The van der Waals surface area contributed by atoms with E-state index in [2.05, 4.69) is 0 Å². The maximum absolute atomic E-state index is 13.3. The van der Waals surface area contributed by atoms with E-state index in [-0.39, 0.29) is 11.7 Å². The zero-order valence-electron chi connectivity index (χ0n) is 14.5. The molecule has 2 aromatic carbocycles. The van der Waals surface area contributed by atoms with Crippen molar-refractivity contribution in [2.45, 2.75) is 32.3 Å². The van der Waals surface area contributed by atoms with E-state index in [1.165, 1.54) is 41.3 Å². The molecule has 1 aliphatic heterocycles. The Morgan fingerprint density at radius 1 is 1.19 bits per heavy atom. The van der Waals surface area contributed by atoms with Gasteiger partial charge in [-0.2, -0.15) is 0 Å². The number of ether oxygens (including phenoxy) is 2. The Morgan fingerprint density at radius 2 is 1.85 bits per heavy atom. The summed E-state index contributed by atoms with van der Waals surface area (Å²) in [6, 6.07) is 10.3. The highest BCUT2D eigenvalue weighted by molar-refractivity contribution is 6.08. The minimum absolute atomic E-state index is 0.214. The lowest BCUT2D eigenvalue weighted by atomic mass is 9.92. The van der Waals surface area contributed by atoms with E-state index in [0.717, 1.165) is 0 Å². The molecule has 0 saturated carbocycles. The van der Waals surface area contributed by atoms with Crippen molar-refractivity contribution in [1.82, 2.24) is 0 Å². The van der Waals surface area contributed by atoms with Crippen molar-refractivity contribution in [3.63, 3.8) is 0 Å². The number of hydrogen-bond donors (Lipinski definition) is 1. The van der Waals surface area contributed by atoms with Crippen LogP contribution in [0.5, 0.6) is 11.5 Å². The molecule has 26 heavy (non-hydrogen) atoms. The fourth-order valence-corrected chi connectivity index (χ4v) is 3.05. The molecule has 0 atom stereocenters. The summed E-state index contributed by atoms with van der Waals surface area (Å²) in [7, 11) is 0. The first kappa shape index (κ1) is 17.7. The summed E-state index contributed by atoms with van der Waals surface area (Å²) in [5.41, 5.74) is 5.00. The SMILES string of the molecule is CCC1(CC)Oc2cc(OC(N)=O)ccc2N(c2ccc(F)cc2)C1=O. The van der Waals surface area contributed by atoms with E-state index >= 15 is 0 Å². The summed E-state index contributed by atoms with van der Waals surface area (Å²) >= 11 is 0. The number of hydrogen-bond acceptors (Lipinski definition) is 4. The van der Waals surface area contributed by atoms with Gasteiger partial charge in [-0.1, -0.05) is 13.8 Å². The summed E-state index contributed by atoms with van der Waals surface area (Å²) in [6.45, 7) is 3.72. The second-order valence-electron chi connectivity index (χ2n) is 5.97. The number of amides is 2. The molecule has 2 aromatic rings. The predicted octanol–water partition coefficient (Wildman–Crippen LogP) is 3.90. The van der Waals surface area contributed by atoms with Crippen LogP contribution in [0.25, 0.3) is 0 Å². The molecule has 0 aliphatic carbocycles. The van der Waals surface area contributed by atoms with Gasteiger partial charge in [-0.05, 0) is 49.2 Å². The smallest absolute Gasteiger partial charge is 0.409 e. The van der Waals surface area contributed by atoms with Gasteiger partial charge in [0.1, 0.15) is 17.3 Å². The molecule has 0 spiro atoms. The van der Waals surface area contributed by atoms with Crippen molar-refractivity contribution >= 4 is 23.4 Å². The van der Waals surface area contributed by atoms with Crippen LogP contribution in [0, 0.1) is 5.82 Å². The van der Waals surface area contributed by atoms with Crippen molar-refractivity contribution in [1.29, 1.82) is 0 Å². The van der Waals surface area contributed by atoms with Gasteiger partial charge in [0.25, 0.3) is 5.91 Å². The topological polar surface area (TPSA) is 81.9 Å². The van der Waals surface area contributed by atoms with Crippen LogP contribution in [0.3, 0.4) is 0 Å². The predicted molar refractivity (Wildman–Crippen MR) is 94.1 cm³/mol. The van der Waals surface area contributed by atoms with Crippen LogP contribution < -0.4 is 20.1 Å². The molecule has 0 aromatic heterocycles. The first-order valence-electron chi connectivity index (χ1n) is 8.30. The Balaban J connectivity index is 2.15. The maximum atomic E-state index is 13.3. The Bertz CT molecular complexity index is 847. The summed E-state index contributed by atoms with van der Waals surface area (Å²) < 4.78 is 24.3. The van der Waals surface area contributed by atoms with Crippen LogP contribution in [-0.4, -0.2) is 17.6 Å². The van der Waals surface area contributed by atoms with Gasteiger partial charge in [0, 0.05) is 11.8 Å². The Hall–Kier alpha value is -3.09. The van der Waals surface area contributed by atoms with Crippen LogP contribution in [0.4, 0.5) is 20.6 Å². The van der Waals surface area contributed by atoms with Gasteiger partial charge in [-0.15, -0.1) is 0 Å². The van der Waals surface area contributed by atoms with Crippen molar-refractivity contribution < 1.29 is 23.5 Å². The van der Waals surface area contributed by atoms with E-state index < -0.39 is 17.5 Å². The second kappa shape index (κ2) is 6.67. The van der Waals surface area contributed by atoms with Gasteiger partial charge in [0.05, 0.1) is 5.69 Å². The molecular weight excluding hydrogens is 339 g/mol. The van der Waals surface area contributed by atoms with E-state index in [9.17, 15) is 14.0 Å². The average molecular weight is 358 g/mol. The molecule has 2 N–H and O–H groups in total. The zero-order chi connectivity index (χ0) is 18.9. The minimum Gasteiger partial charge on any atom is -0.475 e. The number of nitrogens with zero attached hydrogens (tertiary/aromatic N) is 1. The van der Waals surface area contributed by atoms with Crippen LogP contribution in [0.15, 0.2) is 42.5 Å². The van der Waals surface area contributed by atoms with E-state index in [0.29, 0.717) is 30.0 Å². The second-order valence-corrected chi connectivity index (χ2v) is 5.97. The number of halogens is 1. The monoisotopic (exact) mass is 358 g/mol. The quantitative estimate of drug-likeness (QED) is 0.899. The van der Waals surface area contributed by atoms with E-state index in [4.69, 9.17) is 15.2 Å². The molecule has 136 valence electrons. The van der Waals surface area contributed by atoms with Crippen molar-refractivity contribution in [3.8, 4) is 11.5 Å². The van der Waals surface area contributed by atoms with E-state index in [1.54, 1.807) is 6.07 Å². The van der Waals surface area contributed by atoms with Crippen molar-refractivity contribution in [2.24, 2.45) is 5.73 Å². The number of fused-ring (bicyclic) bond motifs is 1. The highest BCUT2D eigenvalue weighted by Crippen LogP contribution is 2.45. The van der Waals surface area contributed by atoms with Gasteiger partial charge in [0.15, 0.2) is 5.60 Å². The minimum atomic E-state index is -1.06. The van der Waals surface area contributed by atoms with Gasteiger partial charge in [-0.3, -0.25) is 9.69 Å². The number of nitrogens with two attached hydrogens (primary N) is 1. The van der Waals surface area contributed by atoms with Gasteiger partial charge in [0.2, 0.25) is 0 Å². The number of anilines is 2. The number of primary amides is 1. The number of rotatable bonds is 4. The molecule has 0 unspecified atom stereocenters. The Labute approximate surface area is 150 Å². The lowest BCUT2D eigenvalue weighted by molar-refractivity contribution is -0.135. The van der Waals surface area contributed by atoms with Gasteiger partial charge in [-0.25, -0.2) is 9.18 Å². The molecular formula is C19H19FN2O4. The lowest BCUT2D eigenvalue weighted by Crippen LogP contribution is -2.54. The summed E-state index contributed by atoms with van der Waals surface area (Å²) in [5, 5.41) is 0. The molecule has 2 amide bonds. The van der Waals surface area contributed by atoms with Crippen LogP contribution in [0.2, 0.25) is 0 Å². The number of carbonyl (C=O) groups is 2. The molecule has 6 nitrogen and oxygen atoms in total. The van der Waals surface area contributed by atoms with Crippen LogP contribution in [-0.2, 0) is 4.79 Å². The van der Waals surface area contributed by atoms with Crippen molar-refractivity contribution in [2.75, 3.05) is 4.90 Å². The maximum Gasteiger partial charge on any atom is 0.409 e. The molecule has 0 saturated heterocycles. The zero-order valence-corrected chi connectivity index (χ0v) is 14.5. The van der Waals surface area contributed by atoms with Gasteiger partial charge < -0.3 is 15.2 Å². The lowest BCUT2D eigenvalue weighted by Gasteiger charge is -2.42. The van der Waals surface area contributed by atoms with Crippen LogP contribution in [0.1, 0.15) is 26.7 Å². The molecule has 1 aliphatic rings. The number of carbonyl (C=O) groups excluding carboxylic acids is 2. The molecule has 0 bridgehead atoms. The third-order valence-electron chi connectivity index (χ3n) is 4.52. The normalized spacial score (nSPS) is 15.2. The van der Waals surface area contributed by atoms with Crippen LogP contribution >= 0.6 is 0 Å². The van der Waals surface area contributed by atoms with E-state index in [1.807, 2.05) is 13.8 Å². The molecule has 1 heterocycles. The molecule has 0 radical (unpaired) electrons. The fourth-order valence-electron chi connectivity index (χ4n) is 3.05. The largest absolute Gasteiger partial charge is 0.475 e. The molecule has 3 rings (SSSR count). The standard InChI is InChI=1S/C19H19FN2O4/c1-3-19(4-2)17(23)22(13-7-5-12(20)6-8-13)15-10-9-14(25-18(21)24)11-16(15)26-19/h5-11H,3-4H2,1-2H3,(H2,21,24). The summed E-state index contributed by atoms with van der Waals surface area (Å²) in [6.07, 6.45) is -0.0507. The molecule has 0 fully saturated rings. The highest BCUT2D eigenvalue weighted by Gasteiger charge is 2.46.